The summed E-state index contributed by atoms with van der Waals surface area (Å²) in [6, 6.07) is 54.6. The predicted octanol–water partition coefficient (Wildman–Crippen LogP) is 20.2. The maximum Gasteiger partial charge on any atom is 0.248 e. The third-order valence-electron chi connectivity index (χ3n) is 20.1. The molecule has 0 aliphatic rings. The molecule has 17 rings (SSSR count). The number of amides is 4. The Balaban J connectivity index is 0.000000134. The zero-order chi connectivity index (χ0) is 86.2. The Morgan fingerprint density at radius 2 is 0.724 bits per heavy atom. The number of methoxy groups -OCH3 is 3. The van der Waals surface area contributed by atoms with E-state index in [9.17, 15) is 19.2 Å². The Kier molecular flexibility index (Phi) is 25.7. The van der Waals surface area contributed by atoms with E-state index in [0.717, 1.165) is 144 Å². The molecule has 612 valence electrons. The van der Waals surface area contributed by atoms with Gasteiger partial charge >= 0.3 is 0 Å². The highest BCUT2D eigenvalue weighted by Gasteiger charge is 2.19. The van der Waals surface area contributed by atoms with Gasteiger partial charge in [0, 0.05) is 200 Å². The zero-order valence-corrected chi connectivity index (χ0v) is 69.3. The van der Waals surface area contributed by atoms with E-state index in [2.05, 4.69) is 214 Å². The molecule has 123 heavy (non-hydrogen) atoms. The van der Waals surface area contributed by atoms with Crippen LogP contribution in [0.2, 0.25) is 0 Å². The summed E-state index contributed by atoms with van der Waals surface area (Å²) in [7, 11) is 10.6. The lowest BCUT2D eigenvalue weighted by molar-refractivity contribution is -0.112. The van der Waals surface area contributed by atoms with E-state index in [4.69, 9.17) is 14.2 Å². The number of ether oxygens (including phenoxy) is 3. The number of H-pyrrole nitrogens is 4. The molecule has 4 amide bonds. The van der Waals surface area contributed by atoms with E-state index in [0.29, 0.717) is 46.5 Å². The summed E-state index contributed by atoms with van der Waals surface area (Å²) in [5.41, 5.74) is 27.3. The maximum absolute atomic E-state index is 12.3. The van der Waals surface area contributed by atoms with Crippen molar-refractivity contribution in [3.05, 3.63) is 317 Å². The molecule has 0 aliphatic carbocycles. The molecule has 24 nitrogen and oxygen atoms in total. The number of rotatable bonds is 22. The lowest BCUT2D eigenvalue weighted by Gasteiger charge is -2.10. The molecule has 0 atom stereocenters. The van der Waals surface area contributed by atoms with Crippen molar-refractivity contribution in [2.24, 2.45) is 7.05 Å². The van der Waals surface area contributed by atoms with Gasteiger partial charge in [0.25, 0.3) is 0 Å². The molecular formula is C99H89N17O7. The van der Waals surface area contributed by atoms with Gasteiger partial charge in [0.1, 0.15) is 39.8 Å². The van der Waals surface area contributed by atoms with E-state index in [1.54, 1.807) is 69.1 Å². The second kappa shape index (κ2) is 38.0. The minimum Gasteiger partial charge on any atom is -0.497 e. The molecule has 0 radical (unpaired) electrons. The van der Waals surface area contributed by atoms with Crippen molar-refractivity contribution in [1.82, 2.24) is 64.5 Å². The van der Waals surface area contributed by atoms with Gasteiger partial charge in [-0.2, -0.15) is 5.10 Å². The van der Waals surface area contributed by atoms with E-state index < -0.39 is 0 Å². The van der Waals surface area contributed by atoms with Gasteiger partial charge in [-0.1, -0.05) is 115 Å². The first-order valence-electron chi connectivity index (χ1n) is 39.2. The summed E-state index contributed by atoms with van der Waals surface area (Å²) in [5.74, 6) is 0.993. The normalized spacial score (nSPS) is 10.9. The van der Waals surface area contributed by atoms with Crippen LogP contribution >= 0.6 is 0 Å². The topological polar surface area (TPSA) is 306 Å². The largest absolute Gasteiger partial charge is 0.497 e. The lowest BCUT2D eigenvalue weighted by atomic mass is 9.98. The summed E-state index contributed by atoms with van der Waals surface area (Å²) in [6.45, 7) is 17.5. The maximum atomic E-state index is 12.3. The van der Waals surface area contributed by atoms with Crippen LogP contribution in [0.3, 0.4) is 0 Å². The second-order valence-electron chi connectivity index (χ2n) is 29.3. The number of hydrogen-bond acceptors (Lipinski definition) is 15. The Hall–Kier alpha value is -16.2. The van der Waals surface area contributed by atoms with E-state index >= 15 is 0 Å². The number of hydrogen-bond donors (Lipinski definition) is 8. The van der Waals surface area contributed by atoms with Crippen LogP contribution in [-0.4, -0.2) is 130 Å². The van der Waals surface area contributed by atoms with Crippen LogP contribution in [0.5, 0.6) is 17.2 Å². The molecule has 0 fully saturated rings. The van der Waals surface area contributed by atoms with Gasteiger partial charge in [0.15, 0.2) is 0 Å². The summed E-state index contributed by atoms with van der Waals surface area (Å²) < 4.78 is 17.9. The predicted molar refractivity (Wildman–Crippen MR) is 492 cm³/mol. The third-order valence-corrected chi connectivity index (χ3v) is 20.1. The molecule has 0 saturated heterocycles. The fourth-order valence-electron chi connectivity index (χ4n) is 14.0. The SMILES string of the molecule is C=CC(=O)Nc1cc(-c2cnc3[nH]cc(-c4cccc(C)c4)c3c2)cc(-c2cnn(C)c2)c1.C=CC(=O)Nc1cc(OC)cc(-c2cnc3[nH]cc(-c4cccc(C)c4)c3c2)c1.C=CC(=O)Nc1cncc(-c2cnc3[nH]cc(-c4cncc(OC)c4)c3c2)c1.COc1cc(NC(=O)/C=C/CN(C)C)cc(-c2cnc3[nH]cc(-c4cccc(C)c4)c3c2)c1. The number of carbonyl (C=O) groups excluding carboxylic acids is 4. The van der Waals surface area contributed by atoms with Gasteiger partial charge in [-0.3, -0.25) is 33.8 Å². The molecule has 0 spiro atoms. The number of benzene rings is 6. The standard InChI is InChI=1S/C27H23N5O.C27H28N4O2.C24H21N3O2.C21H17N5O2/c1-4-26(33)31-23-10-19(9-20(11-23)22-14-30-32(3)16-22)21-12-24-25(15-29-27(24)28-13-21)18-7-5-6-17(2)8-18;1-18-7-5-8-19(11-18)25-17-29-27-24(25)14-21(16-28-27)20-12-22(15-23(13-20)33-4)30-26(32)9-6-10-31(2)3;1-4-23(28)27-19-9-17(10-20(12-19)29-3)18-11-21-22(14-26-24(21)25-13-18)16-7-5-6-15(2)8-16;1-3-20(27)26-16-4-13(7-22-10-16)14-6-18-19(12-25-21(18)24-9-14)15-5-17(28-2)11-23-8-15/h4-16H,1H2,2-3H3,(H,28,29)(H,31,33);5-9,11-17H,10H2,1-4H3,(H,28,29)(H,30,32);4-14H,1H2,2-3H3,(H,25,26)(H,27,28);3-12H,1H2,2H3,(H,24,25)(H,26,27)/b;9-6+;;. The van der Waals surface area contributed by atoms with Crippen molar-refractivity contribution in [3.8, 4) is 117 Å². The number of fused-ring (bicyclic) bond motifs is 4. The molecular weight excluding hydrogens is 1540 g/mol. The van der Waals surface area contributed by atoms with E-state index in [1.807, 2.05) is 149 Å². The molecule has 0 unspecified atom stereocenters. The fourth-order valence-corrected chi connectivity index (χ4v) is 14.0. The smallest absolute Gasteiger partial charge is 0.248 e. The van der Waals surface area contributed by atoms with Crippen LogP contribution < -0.4 is 35.5 Å². The van der Waals surface area contributed by atoms with Crippen LogP contribution in [0.25, 0.3) is 144 Å². The van der Waals surface area contributed by atoms with Crippen LogP contribution in [0, 0.1) is 20.8 Å². The van der Waals surface area contributed by atoms with Crippen molar-refractivity contribution in [1.29, 1.82) is 0 Å². The summed E-state index contributed by atoms with van der Waals surface area (Å²) in [4.78, 5) is 89.4. The van der Waals surface area contributed by atoms with Crippen LogP contribution in [0.4, 0.5) is 22.7 Å². The molecule has 0 aliphatic heterocycles. The van der Waals surface area contributed by atoms with Crippen molar-refractivity contribution in [3.63, 3.8) is 0 Å². The van der Waals surface area contributed by atoms with Gasteiger partial charge in [-0.05, 0) is 171 Å². The first-order valence-corrected chi connectivity index (χ1v) is 39.2. The fraction of sp³-hybridized carbons (Fsp3) is 0.101. The number of aryl methyl sites for hydroxylation is 4. The van der Waals surface area contributed by atoms with Crippen molar-refractivity contribution in [2.75, 3.05) is 63.2 Å². The number of nitrogens with zero attached hydrogens (tertiary/aromatic N) is 9. The molecule has 0 saturated carbocycles. The van der Waals surface area contributed by atoms with Crippen molar-refractivity contribution in [2.45, 2.75) is 20.8 Å². The summed E-state index contributed by atoms with van der Waals surface area (Å²) >= 11 is 0. The number of pyridine rings is 6. The van der Waals surface area contributed by atoms with Gasteiger partial charge in [0.2, 0.25) is 23.6 Å². The summed E-state index contributed by atoms with van der Waals surface area (Å²) in [5, 5.41) is 19.7. The first kappa shape index (κ1) is 83.3. The first-order chi connectivity index (χ1) is 59.7. The lowest BCUT2D eigenvalue weighted by Crippen LogP contribution is -2.13. The number of carbonyl (C=O) groups is 4. The highest BCUT2D eigenvalue weighted by Crippen LogP contribution is 2.40. The summed E-state index contributed by atoms with van der Waals surface area (Å²) in [6.07, 6.45) is 32.7. The molecule has 24 heteroatoms. The average Bonchev–Trinajstić information content (AvgIpc) is 1.70. The molecule has 6 aromatic carbocycles. The van der Waals surface area contributed by atoms with Gasteiger partial charge in [-0.15, -0.1) is 0 Å². The molecule has 11 aromatic heterocycles. The number of aromatic amines is 4. The monoisotopic (exact) mass is 1630 g/mol. The quantitative estimate of drug-likeness (QED) is 0.0293. The van der Waals surface area contributed by atoms with E-state index in [1.165, 1.54) is 34.9 Å². The van der Waals surface area contributed by atoms with Crippen LogP contribution in [0.15, 0.2) is 301 Å². The van der Waals surface area contributed by atoms with Crippen molar-refractivity contribution >= 4 is 90.5 Å². The van der Waals surface area contributed by atoms with Gasteiger partial charge in [0.05, 0.1) is 45.6 Å². The molecule has 0 bridgehead atoms. The minimum atomic E-state index is -0.286. The third kappa shape index (κ3) is 20.3. The zero-order valence-electron chi connectivity index (χ0n) is 69.3. The Bertz CT molecular complexity index is 6860. The number of anilines is 4. The number of likely N-dealkylation sites (N-methyl/N-ethyl adjacent to an activating group) is 1. The average molecular weight is 1630 g/mol. The van der Waals surface area contributed by atoms with Crippen LogP contribution in [-0.2, 0) is 26.2 Å². The minimum absolute atomic E-state index is 0.183. The highest BCUT2D eigenvalue weighted by molar-refractivity contribution is 6.05. The van der Waals surface area contributed by atoms with Crippen LogP contribution in [0.1, 0.15) is 16.7 Å². The Labute approximate surface area is 710 Å². The number of nitrogens with one attached hydrogen (secondary N) is 8. The van der Waals surface area contributed by atoms with Gasteiger partial charge in [-0.25, -0.2) is 19.9 Å². The van der Waals surface area contributed by atoms with Gasteiger partial charge < -0.3 is 60.3 Å². The number of aromatic nitrogens is 12. The Morgan fingerprint density at radius 1 is 0.374 bits per heavy atom. The van der Waals surface area contributed by atoms with E-state index in [-0.39, 0.29) is 23.6 Å². The Morgan fingerprint density at radius 3 is 1.12 bits per heavy atom. The second-order valence-corrected chi connectivity index (χ2v) is 29.3. The molecule has 11 heterocycles. The molecule has 8 N–H and O–H groups in total. The molecule has 17 aromatic rings. The van der Waals surface area contributed by atoms with Crippen molar-refractivity contribution < 1.29 is 33.4 Å². The highest BCUT2D eigenvalue weighted by atomic mass is 16.5.